The number of hydrogen-bond acceptors (Lipinski definition) is 6. The number of para-hydroxylation sites is 1. The van der Waals surface area contributed by atoms with Crippen molar-refractivity contribution in [1.29, 1.82) is 0 Å². The maximum atomic E-state index is 6.15. The molecule has 5 aromatic heterocycles. The highest BCUT2D eigenvalue weighted by molar-refractivity contribution is 7.27. The lowest BCUT2D eigenvalue weighted by molar-refractivity contribution is 1.02. The molecule has 14 aromatic carbocycles. The number of halogens is 1. The van der Waals surface area contributed by atoms with E-state index >= 15 is 0 Å². The third kappa shape index (κ3) is 8.20. The van der Waals surface area contributed by atoms with Crippen LogP contribution in [0.3, 0.4) is 0 Å². The van der Waals surface area contributed by atoms with E-state index in [1.165, 1.54) is 106 Å². The minimum absolute atomic E-state index is 0.276. The maximum absolute atomic E-state index is 6.15. The van der Waals surface area contributed by atoms with Gasteiger partial charge in [-0.25, -0.2) is 19.9 Å². The summed E-state index contributed by atoms with van der Waals surface area (Å²) < 4.78 is 7.73. The van der Waals surface area contributed by atoms with E-state index in [1.807, 2.05) is 65.1 Å². The molecule has 0 spiro atoms. The molecule has 8 heteroatoms. The lowest BCUT2D eigenvalue weighted by Gasteiger charge is -2.14. The normalized spacial score (nSPS) is 12.1. The van der Waals surface area contributed by atoms with Crippen LogP contribution in [0.5, 0.6) is 0 Å². The predicted molar refractivity (Wildman–Crippen MR) is 380 cm³/mol. The monoisotopic (exact) mass is 1190 g/mol. The Balaban J connectivity index is 0.000000110. The fourth-order valence-electron chi connectivity index (χ4n) is 14.1. The Labute approximate surface area is 523 Å². The van der Waals surface area contributed by atoms with Gasteiger partial charge in [-0.2, -0.15) is 0 Å². The molecule has 20 rings (SSSR count). The SMILES string of the molecule is Clc1nc(-c2ccccc2)c2ccc3ccccc3c2n1.c1ccc(-c2nc(-n3c4ccccc4c4c5ccccc5c5c6ccccc6sc5c43)nc3c2ccc2ccccc23)cc1.c1ccc2c(c1)Cc1c-2c2ccccc2c2c1sc1ccccc12. The quantitative estimate of drug-likeness (QED) is 0.131. The summed E-state index contributed by atoms with van der Waals surface area (Å²) in [5.41, 5.74) is 13.9. The summed E-state index contributed by atoms with van der Waals surface area (Å²) >= 11 is 9.96. The molecule has 89 heavy (non-hydrogen) atoms. The molecule has 0 unspecified atom stereocenters. The van der Waals surface area contributed by atoms with Crippen molar-refractivity contribution in [2.24, 2.45) is 0 Å². The van der Waals surface area contributed by atoms with Crippen LogP contribution in [0.15, 0.2) is 279 Å². The fraction of sp³-hybridized carbons (Fsp3) is 0.0123. The Morgan fingerprint density at radius 3 is 1.44 bits per heavy atom. The molecule has 0 amide bonds. The van der Waals surface area contributed by atoms with Gasteiger partial charge in [-0.15, -0.1) is 22.7 Å². The Morgan fingerprint density at radius 1 is 0.337 bits per heavy atom. The van der Waals surface area contributed by atoms with Crippen LogP contribution in [0.1, 0.15) is 11.1 Å². The van der Waals surface area contributed by atoms with Crippen LogP contribution >= 0.6 is 34.3 Å². The number of thiophene rings is 2. The molecule has 0 radical (unpaired) electrons. The molecule has 0 N–H and O–H groups in total. The molecule has 0 saturated heterocycles. The highest BCUT2D eigenvalue weighted by Gasteiger charge is 2.27. The molecule has 1 aliphatic carbocycles. The maximum Gasteiger partial charge on any atom is 0.235 e. The zero-order valence-corrected chi connectivity index (χ0v) is 50.1. The smallest absolute Gasteiger partial charge is 0.235 e. The average molecular weight is 1190 g/mol. The van der Waals surface area contributed by atoms with E-state index in [9.17, 15) is 0 Å². The standard InChI is InChI=1S/C40H23N3S.C23H14S.C18H11ClN2/c1-2-13-25(14-3-1)36-31-23-22-24-12-4-5-15-26(24)37(31)42-40(41-36)43-32-20-10-8-18-29(32)34-27-16-6-7-17-28(27)35-30-19-9-11-21-33(30)44-39(35)38(34)43;1-2-8-15-14(7-1)13-19-21(15)16-9-3-4-10-17(16)22-18-11-5-6-12-20(18)24-23(19)22;19-18-20-16(13-7-2-1-3-8-13)15-11-10-12-6-4-5-9-14(12)17(15)21-18/h1-23H;1-12H,13H2;1-11H. The molecule has 0 fully saturated rings. The largest absolute Gasteiger partial charge is 0.276 e. The van der Waals surface area contributed by atoms with Crippen molar-refractivity contribution in [3.8, 4) is 39.6 Å². The minimum Gasteiger partial charge on any atom is -0.276 e. The first-order valence-electron chi connectivity index (χ1n) is 29.9. The van der Waals surface area contributed by atoms with Gasteiger partial charge in [-0.3, -0.25) is 4.57 Å². The summed E-state index contributed by atoms with van der Waals surface area (Å²) in [5, 5.41) is 20.1. The van der Waals surface area contributed by atoms with Gasteiger partial charge in [0.1, 0.15) is 0 Å². The molecule has 0 bridgehead atoms. The number of benzene rings is 14. The van der Waals surface area contributed by atoms with E-state index < -0.39 is 0 Å². The molecule has 5 nitrogen and oxygen atoms in total. The summed E-state index contributed by atoms with van der Waals surface area (Å²) in [5.74, 6) is 0.688. The van der Waals surface area contributed by atoms with E-state index in [-0.39, 0.29) is 5.28 Å². The minimum atomic E-state index is 0.276. The van der Waals surface area contributed by atoms with Gasteiger partial charge in [0, 0.05) is 85.5 Å². The van der Waals surface area contributed by atoms with Crippen molar-refractivity contribution in [1.82, 2.24) is 24.5 Å². The molecular weight excluding hydrogens is 1140 g/mol. The van der Waals surface area contributed by atoms with Crippen LogP contribution in [-0.2, 0) is 6.42 Å². The third-order valence-electron chi connectivity index (χ3n) is 17.9. The highest BCUT2D eigenvalue weighted by atomic mass is 35.5. The summed E-state index contributed by atoms with van der Waals surface area (Å²) in [6.07, 6.45) is 1.06. The van der Waals surface area contributed by atoms with Gasteiger partial charge in [0.25, 0.3) is 0 Å². The molecule has 0 aliphatic heterocycles. The van der Waals surface area contributed by atoms with Crippen LogP contribution < -0.4 is 0 Å². The Hall–Kier alpha value is -10.7. The first-order valence-corrected chi connectivity index (χ1v) is 31.9. The van der Waals surface area contributed by atoms with Crippen LogP contribution in [0.2, 0.25) is 5.28 Å². The summed E-state index contributed by atoms with van der Waals surface area (Å²) in [4.78, 5) is 19.7. The third-order valence-corrected chi connectivity index (χ3v) is 20.5. The van der Waals surface area contributed by atoms with E-state index in [1.54, 1.807) is 0 Å². The molecule has 416 valence electrons. The number of fused-ring (bicyclic) bond motifs is 26. The van der Waals surface area contributed by atoms with Crippen molar-refractivity contribution in [2.45, 2.75) is 6.42 Å². The highest BCUT2D eigenvalue weighted by Crippen LogP contribution is 2.51. The van der Waals surface area contributed by atoms with Crippen molar-refractivity contribution in [3.63, 3.8) is 0 Å². The Bertz CT molecular complexity index is 6110. The molecule has 19 aromatic rings. The number of hydrogen-bond donors (Lipinski definition) is 0. The van der Waals surface area contributed by atoms with Gasteiger partial charge in [-0.1, -0.05) is 249 Å². The van der Waals surface area contributed by atoms with Crippen LogP contribution in [0, 0.1) is 0 Å². The van der Waals surface area contributed by atoms with Crippen molar-refractivity contribution in [3.05, 3.63) is 295 Å². The van der Waals surface area contributed by atoms with Gasteiger partial charge in [0.15, 0.2) is 0 Å². The summed E-state index contributed by atoms with van der Waals surface area (Å²) in [7, 11) is 0. The Morgan fingerprint density at radius 2 is 0.798 bits per heavy atom. The number of rotatable bonds is 3. The number of nitrogens with zero attached hydrogens (tertiary/aromatic N) is 5. The topological polar surface area (TPSA) is 56.5 Å². The van der Waals surface area contributed by atoms with Crippen LogP contribution in [0.4, 0.5) is 0 Å². The molecular formula is C81H48ClN5S2. The van der Waals surface area contributed by atoms with Crippen LogP contribution in [0.25, 0.3) is 167 Å². The van der Waals surface area contributed by atoms with E-state index in [0.29, 0.717) is 5.95 Å². The first kappa shape index (κ1) is 51.5. The molecule has 0 saturated carbocycles. The van der Waals surface area contributed by atoms with Gasteiger partial charge in [-0.05, 0) is 96.5 Å². The van der Waals surface area contributed by atoms with Crippen molar-refractivity contribution in [2.75, 3.05) is 0 Å². The Kier molecular flexibility index (Phi) is 12.0. The van der Waals surface area contributed by atoms with Gasteiger partial charge < -0.3 is 0 Å². The molecule has 1 aliphatic rings. The lowest BCUT2D eigenvalue weighted by Crippen LogP contribution is -2.04. The predicted octanol–water partition coefficient (Wildman–Crippen LogP) is 23.0. The number of aromatic nitrogens is 5. The second-order valence-electron chi connectivity index (χ2n) is 22.8. The summed E-state index contributed by atoms with van der Waals surface area (Å²) in [6.45, 7) is 0. The second-order valence-corrected chi connectivity index (χ2v) is 25.2. The first-order chi connectivity index (χ1) is 44.1. The van der Waals surface area contributed by atoms with Crippen molar-refractivity contribution >= 4 is 161 Å². The molecule has 5 heterocycles. The van der Waals surface area contributed by atoms with Gasteiger partial charge >= 0.3 is 0 Å². The van der Waals surface area contributed by atoms with E-state index in [4.69, 9.17) is 21.6 Å². The van der Waals surface area contributed by atoms with E-state index in [2.05, 4.69) is 251 Å². The average Bonchev–Trinajstić information content (AvgIpc) is 1.70. The van der Waals surface area contributed by atoms with Crippen LogP contribution in [-0.4, -0.2) is 24.5 Å². The zero-order valence-electron chi connectivity index (χ0n) is 47.7. The second kappa shape index (κ2) is 20.8. The van der Waals surface area contributed by atoms with Gasteiger partial charge in [0.2, 0.25) is 11.2 Å². The van der Waals surface area contributed by atoms with Gasteiger partial charge in [0.05, 0.1) is 38.2 Å². The molecule has 0 atom stereocenters. The summed E-state index contributed by atoms with van der Waals surface area (Å²) in [6, 6.07) is 98.8. The van der Waals surface area contributed by atoms with Crippen molar-refractivity contribution < 1.29 is 0 Å². The van der Waals surface area contributed by atoms with E-state index in [0.717, 1.165) is 72.4 Å². The zero-order chi connectivity index (χ0) is 58.7. The fourth-order valence-corrected chi connectivity index (χ4v) is 16.8. The lowest BCUT2D eigenvalue weighted by atomic mass is 9.94.